The Hall–Kier alpha value is -1.82. The first-order chi connectivity index (χ1) is 9.26. The van der Waals surface area contributed by atoms with E-state index in [9.17, 15) is 9.59 Å². The predicted octanol–water partition coefficient (Wildman–Crippen LogP) is 1.60. The fraction of sp³-hybridized carbons (Fsp3) is 0.571. The molecule has 6 heteroatoms. The third-order valence-corrected chi connectivity index (χ3v) is 2.40. The molecule has 1 heterocycles. The van der Waals surface area contributed by atoms with E-state index in [1.807, 2.05) is 0 Å². The summed E-state index contributed by atoms with van der Waals surface area (Å²) in [5.74, 6) is -0.668. The second-order valence-corrected chi connectivity index (χ2v) is 5.55. The minimum Gasteiger partial charge on any atom is -0.481 e. The van der Waals surface area contributed by atoms with E-state index in [1.54, 1.807) is 32.9 Å². The lowest BCUT2D eigenvalue weighted by atomic mass is 10.1. The Labute approximate surface area is 118 Å². The normalized spacial score (nSPS) is 12.9. The number of carbonyl (C=O) groups is 2. The van der Waals surface area contributed by atoms with E-state index in [4.69, 9.17) is 14.3 Å². The van der Waals surface area contributed by atoms with Crippen LogP contribution in [0.1, 0.15) is 33.0 Å². The molecular weight excluding hydrogens is 262 g/mol. The molecule has 1 unspecified atom stereocenters. The summed E-state index contributed by atoms with van der Waals surface area (Å²) in [6.45, 7) is 5.31. The maximum atomic E-state index is 11.6. The number of ether oxygens (including phenoxy) is 1. The van der Waals surface area contributed by atoms with Crippen molar-refractivity contribution >= 4 is 11.9 Å². The zero-order valence-electron chi connectivity index (χ0n) is 12.0. The summed E-state index contributed by atoms with van der Waals surface area (Å²) < 4.78 is 10.3. The lowest BCUT2D eigenvalue weighted by molar-refractivity contribution is -0.154. The molecule has 1 atom stereocenters. The van der Waals surface area contributed by atoms with Crippen LogP contribution in [0.5, 0.6) is 0 Å². The summed E-state index contributed by atoms with van der Waals surface area (Å²) in [4.78, 5) is 22.4. The molecule has 0 aliphatic heterocycles. The highest BCUT2D eigenvalue weighted by molar-refractivity contribution is 5.72. The van der Waals surface area contributed by atoms with Gasteiger partial charge in [-0.25, -0.2) is 0 Å². The van der Waals surface area contributed by atoms with E-state index in [0.29, 0.717) is 12.2 Å². The fourth-order valence-corrected chi connectivity index (χ4v) is 1.70. The number of hydrogen-bond acceptors (Lipinski definition) is 5. The molecule has 0 saturated heterocycles. The van der Waals surface area contributed by atoms with Crippen LogP contribution in [0, 0.1) is 0 Å². The predicted molar refractivity (Wildman–Crippen MR) is 72.3 cm³/mol. The number of nitrogens with one attached hydrogen (secondary N) is 1. The van der Waals surface area contributed by atoms with Gasteiger partial charge in [0.25, 0.3) is 0 Å². The third-order valence-electron chi connectivity index (χ3n) is 2.40. The van der Waals surface area contributed by atoms with Gasteiger partial charge in [-0.15, -0.1) is 0 Å². The lowest BCUT2D eigenvalue weighted by Gasteiger charge is -2.21. The maximum Gasteiger partial charge on any atom is 0.320 e. The molecule has 0 aliphatic rings. The Kier molecular flexibility index (Phi) is 5.76. The van der Waals surface area contributed by atoms with Gasteiger partial charge in [0.1, 0.15) is 11.4 Å². The Bertz CT molecular complexity index is 433. The molecule has 0 fully saturated rings. The average molecular weight is 283 g/mol. The quantitative estimate of drug-likeness (QED) is 0.739. The molecule has 1 rings (SSSR count). The SMILES string of the molecule is CC(C)(C)OC(=O)CNC(CC(=O)O)Cc1ccco1. The van der Waals surface area contributed by atoms with Gasteiger partial charge in [0, 0.05) is 12.5 Å². The van der Waals surface area contributed by atoms with Crippen molar-refractivity contribution in [2.24, 2.45) is 0 Å². The van der Waals surface area contributed by atoms with Crippen LogP contribution in [0.2, 0.25) is 0 Å². The van der Waals surface area contributed by atoms with Gasteiger partial charge in [-0.2, -0.15) is 0 Å². The number of aliphatic carboxylic acids is 1. The molecule has 0 amide bonds. The number of furan rings is 1. The second kappa shape index (κ2) is 7.09. The third kappa shape index (κ3) is 6.94. The van der Waals surface area contributed by atoms with Crippen LogP contribution in [0.3, 0.4) is 0 Å². The van der Waals surface area contributed by atoms with Crippen molar-refractivity contribution in [3.05, 3.63) is 24.2 Å². The first kappa shape index (κ1) is 16.2. The van der Waals surface area contributed by atoms with Gasteiger partial charge in [0.15, 0.2) is 0 Å². The van der Waals surface area contributed by atoms with Crippen LogP contribution in [-0.4, -0.2) is 35.2 Å². The molecule has 0 aliphatic carbocycles. The highest BCUT2D eigenvalue weighted by Gasteiger charge is 2.19. The summed E-state index contributed by atoms with van der Waals surface area (Å²) in [5.41, 5.74) is -0.554. The van der Waals surface area contributed by atoms with Crippen molar-refractivity contribution in [2.75, 3.05) is 6.54 Å². The molecular formula is C14H21NO5. The van der Waals surface area contributed by atoms with Crippen LogP contribution in [0.15, 0.2) is 22.8 Å². The van der Waals surface area contributed by atoms with E-state index in [-0.39, 0.29) is 19.0 Å². The second-order valence-electron chi connectivity index (χ2n) is 5.55. The number of hydrogen-bond donors (Lipinski definition) is 2. The van der Waals surface area contributed by atoms with E-state index in [0.717, 1.165) is 0 Å². The molecule has 0 saturated carbocycles. The number of esters is 1. The Balaban J connectivity index is 2.48. The Morgan fingerprint density at radius 2 is 2.15 bits per heavy atom. The van der Waals surface area contributed by atoms with Crippen LogP contribution in [0.4, 0.5) is 0 Å². The highest BCUT2D eigenvalue weighted by atomic mass is 16.6. The smallest absolute Gasteiger partial charge is 0.320 e. The molecule has 6 nitrogen and oxygen atoms in total. The van der Waals surface area contributed by atoms with Gasteiger partial charge in [0.2, 0.25) is 0 Å². The molecule has 112 valence electrons. The molecule has 20 heavy (non-hydrogen) atoms. The topological polar surface area (TPSA) is 88.8 Å². The number of rotatable bonds is 7. The molecule has 0 bridgehead atoms. The van der Waals surface area contributed by atoms with Crippen molar-refractivity contribution < 1.29 is 23.8 Å². The molecule has 1 aromatic heterocycles. The van der Waals surface area contributed by atoms with Crippen LogP contribution >= 0.6 is 0 Å². The standard InChI is InChI=1S/C14H21NO5/c1-14(2,3)20-13(18)9-15-10(8-12(16)17)7-11-5-4-6-19-11/h4-6,10,15H,7-9H2,1-3H3,(H,16,17). The summed E-state index contributed by atoms with van der Waals surface area (Å²) >= 11 is 0. The minimum atomic E-state index is -0.932. The summed E-state index contributed by atoms with van der Waals surface area (Å²) in [6, 6.07) is 3.12. The summed E-state index contributed by atoms with van der Waals surface area (Å²) in [6.07, 6.45) is 1.84. The van der Waals surface area contributed by atoms with E-state index in [2.05, 4.69) is 5.32 Å². The van der Waals surface area contributed by atoms with Crippen LogP contribution in [-0.2, 0) is 20.7 Å². The summed E-state index contributed by atoms with van der Waals surface area (Å²) in [5, 5.41) is 11.8. The van der Waals surface area contributed by atoms with Gasteiger partial charge in [0.05, 0.1) is 19.2 Å². The van der Waals surface area contributed by atoms with E-state index >= 15 is 0 Å². The number of carbonyl (C=O) groups excluding carboxylic acids is 1. The number of carboxylic acids is 1. The molecule has 0 aromatic carbocycles. The molecule has 1 aromatic rings. The largest absolute Gasteiger partial charge is 0.481 e. The van der Waals surface area contributed by atoms with Crippen molar-refractivity contribution in [1.82, 2.24) is 5.32 Å². The summed E-state index contributed by atoms with van der Waals surface area (Å²) in [7, 11) is 0. The van der Waals surface area contributed by atoms with E-state index < -0.39 is 17.5 Å². The lowest BCUT2D eigenvalue weighted by Crippen LogP contribution is -2.39. The van der Waals surface area contributed by atoms with Gasteiger partial charge in [-0.05, 0) is 32.9 Å². The monoisotopic (exact) mass is 283 g/mol. The van der Waals surface area contributed by atoms with Crippen molar-refractivity contribution in [3.8, 4) is 0 Å². The Morgan fingerprint density at radius 1 is 1.45 bits per heavy atom. The van der Waals surface area contributed by atoms with Crippen molar-refractivity contribution in [1.29, 1.82) is 0 Å². The van der Waals surface area contributed by atoms with Crippen LogP contribution < -0.4 is 5.32 Å². The highest BCUT2D eigenvalue weighted by Crippen LogP contribution is 2.08. The molecule has 2 N–H and O–H groups in total. The van der Waals surface area contributed by atoms with E-state index in [1.165, 1.54) is 6.26 Å². The molecule has 0 spiro atoms. The van der Waals surface area contributed by atoms with Gasteiger partial charge >= 0.3 is 11.9 Å². The fourth-order valence-electron chi connectivity index (χ4n) is 1.70. The van der Waals surface area contributed by atoms with Gasteiger partial charge in [-0.3, -0.25) is 9.59 Å². The maximum absolute atomic E-state index is 11.6. The van der Waals surface area contributed by atoms with Crippen LogP contribution in [0.25, 0.3) is 0 Å². The van der Waals surface area contributed by atoms with Gasteiger partial charge < -0.3 is 19.6 Å². The number of carboxylic acid groups (broad SMARTS) is 1. The van der Waals surface area contributed by atoms with Crippen molar-refractivity contribution in [3.63, 3.8) is 0 Å². The first-order valence-corrected chi connectivity index (χ1v) is 6.45. The average Bonchev–Trinajstić information content (AvgIpc) is 2.75. The van der Waals surface area contributed by atoms with Crippen molar-refractivity contribution in [2.45, 2.75) is 45.3 Å². The molecule has 0 radical (unpaired) electrons. The zero-order chi connectivity index (χ0) is 15.2. The minimum absolute atomic E-state index is 0.0318. The Morgan fingerprint density at radius 3 is 2.65 bits per heavy atom. The van der Waals surface area contributed by atoms with Gasteiger partial charge in [-0.1, -0.05) is 0 Å². The zero-order valence-corrected chi connectivity index (χ0v) is 12.0. The first-order valence-electron chi connectivity index (χ1n) is 6.45.